The van der Waals surface area contributed by atoms with Gasteiger partial charge in [-0.05, 0) is 43.8 Å². The second-order valence-corrected chi connectivity index (χ2v) is 7.27. The molecule has 0 saturated heterocycles. The summed E-state index contributed by atoms with van der Waals surface area (Å²) < 4.78 is 6.88. The molecule has 0 saturated carbocycles. The second kappa shape index (κ2) is 6.87. The van der Waals surface area contributed by atoms with Gasteiger partial charge in [0.25, 0.3) is 0 Å². The maximum absolute atomic E-state index is 11.5. The third kappa shape index (κ3) is 4.35. The fraction of sp³-hybridized carbons (Fsp3) is 0.545. The van der Waals surface area contributed by atoms with Gasteiger partial charge in [0.15, 0.2) is 0 Å². The highest BCUT2D eigenvalue weighted by molar-refractivity contribution is 9.13. The number of ether oxygens (including phenoxy) is 1. The molecule has 17 heavy (non-hydrogen) atoms. The van der Waals surface area contributed by atoms with Crippen LogP contribution in [0.5, 0.6) is 0 Å². The maximum atomic E-state index is 11.5. The summed E-state index contributed by atoms with van der Waals surface area (Å²) in [6.07, 6.45) is 0. The number of esters is 1. The van der Waals surface area contributed by atoms with E-state index in [9.17, 15) is 4.79 Å². The molecule has 0 amide bonds. The minimum absolute atomic E-state index is 0.203. The van der Waals surface area contributed by atoms with Crippen LogP contribution in [0.25, 0.3) is 0 Å². The zero-order valence-corrected chi connectivity index (χ0v) is 13.9. The van der Waals surface area contributed by atoms with Gasteiger partial charge in [0.2, 0.25) is 0 Å². The lowest BCUT2D eigenvalue weighted by molar-refractivity contribution is -0.144. The van der Waals surface area contributed by atoms with Crippen molar-refractivity contribution in [1.82, 2.24) is 5.32 Å². The van der Waals surface area contributed by atoms with Gasteiger partial charge in [-0.15, -0.1) is 11.3 Å². The van der Waals surface area contributed by atoms with E-state index in [1.165, 1.54) is 12.0 Å². The Balaban J connectivity index is 2.61. The fourth-order valence-electron chi connectivity index (χ4n) is 1.41. The second-order valence-electron chi connectivity index (χ2n) is 3.96. The Kier molecular flexibility index (Phi) is 6.12. The van der Waals surface area contributed by atoms with Crippen LogP contribution in [0.15, 0.2) is 14.3 Å². The zero-order valence-electron chi connectivity index (χ0n) is 9.92. The molecule has 0 aliphatic carbocycles. The Morgan fingerprint density at radius 3 is 2.59 bits per heavy atom. The molecule has 1 atom stereocenters. The van der Waals surface area contributed by atoms with Gasteiger partial charge in [-0.1, -0.05) is 13.8 Å². The topological polar surface area (TPSA) is 38.3 Å². The minimum Gasteiger partial charge on any atom is -0.468 e. The quantitative estimate of drug-likeness (QED) is 0.788. The van der Waals surface area contributed by atoms with Crippen molar-refractivity contribution in [2.24, 2.45) is 5.92 Å². The van der Waals surface area contributed by atoms with E-state index in [1.807, 2.05) is 19.9 Å². The molecule has 1 unspecified atom stereocenters. The number of hydrogen-bond acceptors (Lipinski definition) is 4. The molecule has 0 spiro atoms. The standard InChI is InChI=1S/C11H15Br2NO2S/c1-6(2)9(11(15)16-3)14-5-7-4-8(12)10(13)17-7/h4,6,9,14H,5H2,1-3H3. The van der Waals surface area contributed by atoms with Crippen molar-refractivity contribution >= 4 is 49.2 Å². The molecule has 0 aliphatic rings. The van der Waals surface area contributed by atoms with Gasteiger partial charge in [-0.25, -0.2) is 0 Å². The van der Waals surface area contributed by atoms with Crippen LogP contribution in [0.2, 0.25) is 0 Å². The van der Waals surface area contributed by atoms with Crippen molar-refractivity contribution in [2.75, 3.05) is 7.11 Å². The van der Waals surface area contributed by atoms with Gasteiger partial charge in [-0.3, -0.25) is 10.1 Å². The highest BCUT2D eigenvalue weighted by Gasteiger charge is 2.22. The molecule has 6 heteroatoms. The molecular formula is C11H15Br2NO2S. The van der Waals surface area contributed by atoms with Crippen LogP contribution in [-0.2, 0) is 16.1 Å². The highest BCUT2D eigenvalue weighted by atomic mass is 79.9. The molecule has 0 aromatic carbocycles. The first-order chi connectivity index (χ1) is 7.95. The Hall–Kier alpha value is 0.0900. The molecule has 3 nitrogen and oxygen atoms in total. The number of methoxy groups -OCH3 is 1. The predicted octanol–water partition coefficient (Wildman–Crippen LogP) is 3.56. The van der Waals surface area contributed by atoms with Crippen LogP contribution in [0.1, 0.15) is 18.7 Å². The first-order valence-corrected chi connectivity index (χ1v) is 7.61. The van der Waals surface area contributed by atoms with E-state index in [4.69, 9.17) is 4.74 Å². The monoisotopic (exact) mass is 383 g/mol. The summed E-state index contributed by atoms with van der Waals surface area (Å²) in [6.45, 7) is 4.65. The van der Waals surface area contributed by atoms with Crippen molar-refractivity contribution in [3.8, 4) is 0 Å². The predicted molar refractivity (Wildman–Crippen MR) is 77.2 cm³/mol. The van der Waals surface area contributed by atoms with Crippen LogP contribution in [0.4, 0.5) is 0 Å². The number of thiophene rings is 1. The summed E-state index contributed by atoms with van der Waals surface area (Å²) in [5, 5.41) is 3.22. The van der Waals surface area contributed by atoms with Gasteiger partial charge in [0, 0.05) is 15.9 Å². The first-order valence-electron chi connectivity index (χ1n) is 5.20. The third-order valence-electron chi connectivity index (χ3n) is 2.31. The van der Waals surface area contributed by atoms with E-state index in [2.05, 4.69) is 37.2 Å². The average molecular weight is 385 g/mol. The first kappa shape index (κ1) is 15.1. The lowest BCUT2D eigenvalue weighted by Crippen LogP contribution is -2.41. The molecule has 1 rings (SSSR count). The van der Waals surface area contributed by atoms with Crippen molar-refractivity contribution in [3.63, 3.8) is 0 Å². The number of hydrogen-bond donors (Lipinski definition) is 1. The van der Waals surface area contributed by atoms with Gasteiger partial charge in [0.1, 0.15) is 6.04 Å². The van der Waals surface area contributed by atoms with Gasteiger partial charge in [-0.2, -0.15) is 0 Å². The largest absolute Gasteiger partial charge is 0.468 e. The number of halogens is 2. The van der Waals surface area contributed by atoms with Gasteiger partial charge < -0.3 is 4.74 Å². The van der Waals surface area contributed by atoms with E-state index in [0.717, 1.165) is 8.26 Å². The molecule has 1 N–H and O–H groups in total. The van der Waals surface area contributed by atoms with Gasteiger partial charge >= 0.3 is 5.97 Å². The molecule has 1 heterocycles. The van der Waals surface area contributed by atoms with E-state index in [0.29, 0.717) is 6.54 Å². The van der Waals surface area contributed by atoms with Crippen molar-refractivity contribution in [1.29, 1.82) is 0 Å². The summed E-state index contributed by atoms with van der Waals surface area (Å²) in [7, 11) is 1.41. The van der Waals surface area contributed by atoms with Crippen LogP contribution >= 0.6 is 43.2 Å². The summed E-state index contributed by atoms with van der Waals surface area (Å²) in [5.41, 5.74) is 0. The molecular weight excluding hydrogens is 370 g/mol. The van der Waals surface area contributed by atoms with Gasteiger partial charge in [0.05, 0.1) is 10.9 Å². The number of nitrogens with one attached hydrogen (secondary N) is 1. The maximum Gasteiger partial charge on any atom is 0.323 e. The minimum atomic E-state index is -0.264. The SMILES string of the molecule is COC(=O)C(NCc1cc(Br)c(Br)s1)C(C)C. The van der Waals surface area contributed by atoms with E-state index in [1.54, 1.807) is 11.3 Å². The molecule has 96 valence electrons. The molecule has 1 aromatic heterocycles. The summed E-state index contributed by atoms with van der Waals surface area (Å²) in [4.78, 5) is 12.7. The van der Waals surface area contributed by atoms with E-state index < -0.39 is 0 Å². The van der Waals surface area contributed by atoms with E-state index >= 15 is 0 Å². The normalized spacial score (nSPS) is 12.8. The fourth-order valence-corrected chi connectivity index (χ4v) is 3.53. The smallest absolute Gasteiger partial charge is 0.323 e. The molecule has 0 aliphatic heterocycles. The molecule has 0 bridgehead atoms. The Labute approximate surface area is 122 Å². The third-order valence-corrected chi connectivity index (χ3v) is 5.57. The summed E-state index contributed by atoms with van der Waals surface area (Å²) in [6, 6.07) is 1.77. The number of rotatable bonds is 5. The Morgan fingerprint density at radius 2 is 2.18 bits per heavy atom. The summed E-state index contributed by atoms with van der Waals surface area (Å²) in [5.74, 6) is -0.0102. The van der Waals surface area contributed by atoms with Crippen LogP contribution < -0.4 is 5.32 Å². The van der Waals surface area contributed by atoms with Crippen molar-refractivity contribution in [2.45, 2.75) is 26.4 Å². The van der Waals surface area contributed by atoms with E-state index in [-0.39, 0.29) is 17.9 Å². The van der Waals surface area contributed by atoms with Crippen LogP contribution in [0.3, 0.4) is 0 Å². The van der Waals surface area contributed by atoms with Crippen LogP contribution in [0, 0.1) is 5.92 Å². The molecule has 0 radical (unpaired) electrons. The Bertz CT molecular complexity index is 373. The average Bonchev–Trinajstić information content (AvgIpc) is 2.57. The highest BCUT2D eigenvalue weighted by Crippen LogP contribution is 2.32. The lowest BCUT2D eigenvalue weighted by Gasteiger charge is -2.19. The van der Waals surface area contributed by atoms with Crippen LogP contribution in [-0.4, -0.2) is 19.1 Å². The summed E-state index contributed by atoms with van der Waals surface area (Å²) >= 11 is 8.53. The lowest BCUT2D eigenvalue weighted by atomic mass is 10.0. The number of carbonyl (C=O) groups is 1. The van der Waals surface area contributed by atoms with Crippen molar-refractivity contribution < 1.29 is 9.53 Å². The molecule has 0 fully saturated rings. The zero-order chi connectivity index (χ0) is 13.0. The van der Waals surface area contributed by atoms with Crippen molar-refractivity contribution in [3.05, 3.63) is 19.2 Å². The Morgan fingerprint density at radius 1 is 1.53 bits per heavy atom. The number of carbonyl (C=O) groups excluding carboxylic acids is 1. The molecule has 1 aromatic rings.